The molecular weight excluding hydrogens is 387 g/mol. The van der Waals surface area contributed by atoms with Gasteiger partial charge in [0.1, 0.15) is 11.9 Å². The summed E-state index contributed by atoms with van der Waals surface area (Å²) in [7, 11) is 0. The van der Waals surface area contributed by atoms with E-state index in [4.69, 9.17) is 4.74 Å². The van der Waals surface area contributed by atoms with E-state index < -0.39 is 18.0 Å². The Kier molecular flexibility index (Phi) is 8.22. The van der Waals surface area contributed by atoms with Crippen molar-refractivity contribution in [3.05, 3.63) is 35.6 Å². The summed E-state index contributed by atoms with van der Waals surface area (Å²) in [6.07, 6.45) is 5.54. The highest BCUT2D eigenvalue weighted by atomic mass is 19.1. The maximum Gasteiger partial charge on any atom is 0.243 e. The van der Waals surface area contributed by atoms with Gasteiger partial charge in [0, 0.05) is 25.6 Å². The first-order chi connectivity index (χ1) is 14.4. The maximum absolute atomic E-state index is 13.9. The number of hydrogen-bond donors (Lipinski definition) is 2. The largest absolute Gasteiger partial charge is 0.391 e. The molecule has 3 atom stereocenters. The summed E-state index contributed by atoms with van der Waals surface area (Å²) < 4.78 is 19.7. The van der Waals surface area contributed by atoms with E-state index in [2.05, 4.69) is 5.32 Å². The Morgan fingerprint density at radius 2 is 2.00 bits per heavy atom. The average Bonchev–Trinajstić information content (AvgIpc) is 3.12. The van der Waals surface area contributed by atoms with Crippen molar-refractivity contribution in [2.24, 2.45) is 5.92 Å². The molecule has 2 amide bonds. The highest BCUT2D eigenvalue weighted by Crippen LogP contribution is 2.24. The lowest BCUT2D eigenvalue weighted by molar-refractivity contribution is -0.138. The van der Waals surface area contributed by atoms with E-state index in [1.807, 2.05) is 6.92 Å². The van der Waals surface area contributed by atoms with Crippen LogP contribution in [-0.4, -0.2) is 59.8 Å². The zero-order valence-corrected chi connectivity index (χ0v) is 17.7. The molecule has 1 aliphatic heterocycles. The molecule has 1 aromatic rings. The molecule has 6 nitrogen and oxygen atoms in total. The number of nitrogens with one attached hydrogen (secondary N) is 1. The SMILES string of the molecule is CC(COCC1CCCCC1)NC(=O)C1CC(O)CN1C(=O)Cc1ccccc1F. The monoisotopic (exact) mass is 420 g/mol. The Balaban J connectivity index is 1.49. The molecule has 1 saturated carbocycles. The number of halogens is 1. The smallest absolute Gasteiger partial charge is 0.243 e. The number of nitrogens with zero attached hydrogens (tertiary/aromatic N) is 1. The number of carbonyl (C=O) groups excluding carboxylic acids is 2. The van der Waals surface area contributed by atoms with Crippen molar-refractivity contribution in [2.75, 3.05) is 19.8 Å². The van der Waals surface area contributed by atoms with Crippen LogP contribution in [0.3, 0.4) is 0 Å². The molecule has 1 aliphatic carbocycles. The summed E-state index contributed by atoms with van der Waals surface area (Å²) in [5.41, 5.74) is 0.285. The third-order valence-corrected chi connectivity index (χ3v) is 6.04. The number of likely N-dealkylation sites (tertiary alicyclic amines) is 1. The van der Waals surface area contributed by atoms with Gasteiger partial charge >= 0.3 is 0 Å². The molecule has 0 aromatic heterocycles. The summed E-state index contributed by atoms with van der Waals surface area (Å²) in [6.45, 7) is 3.09. The second-order valence-electron chi connectivity index (χ2n) is 8.67. The number of benzene rings is 1. The molecule has 3 rings (SSSR count). The zero-order valence-electron chi connectivity index (χ0n) is 17.7. The van der Waals surface area contributed by atoms with Crippen molar-refractivity contribution < 1.29 is 23.8 Å². The van der Waals surface area contributed by atoms with Crippen LogP contribution in [0.15, 0.2) is 24.3 Å². The lowest BCUT2D eigenvalue weighted by atomic mass is 9.90. The first kappa shape index (κ1) is 22.7. The lowest BCUT2D eigenvalue weighted by Gasteiger charge is -2.26. The molecule has 2 N–H and O–H groups in total. The van der Waals surface area contributed by atoms with Crippen LogP contribution in [0, 0.1) is 11.7 Å². The van der Waals surface area contributed by atoms with Crippen LogP contribution in [-0.2, 0) is 20.7 Å². The molecule has 30 heavy (non-hydrogen) atoms. The van der Waals surface area contributed by atoms with Gasteiger partial charge in [-0.3, -0.25) is 9.59 Å². The van der Waals surface area contributed by atoms with Crippen molar-refractivity contribution in [1.29, 1.82) is 0 Å². The van der Waals surface area contributed by atoms with Gasteiger partial charge in [0.05, 0.1) is 19.1 Å². The first-order valence-electron chi connectivity index (χ1n) is 11.0. The third kappa shape index (κ3) is 6.25. The summed E-state index contributed by atoms with van der Waals surface area (Å²) >= 11 is 0. The molecule has 0 radical (unpaired) electrons. The van der Waals surface area contributed by atoms with Crippen molar-refractivity contribution in [3.63, 3.8) is 0 Å². The predicted octanol–water partition coefficient (Wildman–Crippen LogP) is 2.43. The minimum Gasteiger partial charge on any atom is -0.391 e. The fourth-order valence-corrected chi connectivity index (χ4v) is 4.39. The molecule has 2 fully saturated rings. The molecule has 0 spiro atoms. The number of β-amino-alcohol motifs (C(OH)–C–C–N with tert-alkyl or cyclic N) is 1. The van der Waals surface area contributed by atoms with E-state index in [1.165, 1.54) is 43.1 Å². The molecule has 1 aromatic carbocycles. The van der Waals surface area contributed by atoms with E-state index in [0.29, 0.717) is 12.5 Å². The summed E-state index contributed by atoms with van der Waals surface area (Å²) in [6, 6.07) is 5.16. The van der Waals surface area contributed by atoms with Crippen LogP contribution in [0.1, 0.15) is 51.0 Å². The summed E-state index contributed by atoms with van der Waals surface area (Å²) in [5.74, 6) is -0.506. The quantitative estimate of drug-likeness (QED) is 0.677. The Hall–Kier alpha value is -1.99. The molecule has 1 saturated heterocycles. The number of carbonyl (C=O) groups is 2. The van der Waals surface area contributed by atoms with Crippen LogP contribution in [0.2, 0.25) is 0 Å². The van der Waals surface area contributed by atoms with Gasteiger partial charge in [-0.25, -0.2) is 4.39 Å². The maximum atomic E-state index is 13.9. The van der Waals surface area contributed by atoms with Gasteiger partial charge in [-0.1, -0.05) is 37.5 Å². The van der Waals surface area contributed by atoms with Gasteiger partial charge in [-0.2, -0.15) is 0 Å². The molecule has 2 aliphatic rings. The Bertz CT molecular complexity index is 723. The minimum absolute atomic E-state index is 0.0813. The number of aliphatic hydroxyl groups excluding tert-OH is 1. The number of ether oxygens (including phenoxy) is 1. The van der Waals surface area contributed by atoms with Crippen molar-refractivity contribution in [2.45, 2.75) is 70.1 Å². The number of rotatable bonds is 8. The highest BCUT2D eigenvalue weighted by Gasteiger charge is 2.39. The van der Waals surface area contributed by atoms with Crippen molar-refractivity contribution in [3.8, 4) is 0 Å². The van der Waals surface area contributed by atoms with Gasteiger partial charge in [0.15, 0.2) is 0 Å². The van der Waals surface area contributed by atoms with Gasteiger partial charge in [-0.05, 0) is 37.3 Å². The molecule has 1 heterocycles. The second kappa shape index (κ2) is 10.9. The fraction of sp³-hybridized carbons (Fsp3) is 0.652. The minimum atomic E-state index is -0.761. The number of hydrogen-bond acceptors (Lipinski definition) is 4. The molecular formula is C23H33FN2O4. The van der Waals surface area contributed by atoms with E-state index in [-0.39, 0.29) is 42.8 Å². The Morgan fingerprint density at radius 1 is 1.27 bits per heavy atom. The van der Waals surface area contributed by atoms with Gasteiger partial charge in [0.2, 0.25) is 11.8 Å². The number of amides is 2. The second-order valence-corrected chi connectivity index (χ2v) is 8.67. The number of aliphatic hydroxyl groups is 1. The fourth-order valence-electron chi connectivity index (χ4n) is 4.39. The average molecular weight is 421 g/mol. The van der Waals surface area contributed by atoms with E-state index >= 15 is 0 Å². The van der Waals surface area contributed by atoms with Crippen LogP contribution < -0.4 is 5.32 Å². The summed E-state index contributed by atoms with van der Waals surface area (Å²) in [4.78, 5) is 26.8. The molecule has 166 valence electrons. The van der Waals surface area contributed by atoms with Crippen LogP contribution in [0.5, 0.6) is 0 Å². The van der Waals surface area contributed by atoms with E-state index in [9.17, 15) is 19.1 Å². The van der Waals surface area contributed by atoms with Crippen molar-refractivity contribution in [1.82, 2.24) is 10.2 Å². The third-order valence-electron chi connectivity index (χ3n) is 6.04. The Labute approximate surface area is 177 Å². The van der Waals surface area contributed by atoms with Gasteiger partial charge in [0.25, 0.3) is 0 Å². The van der Waals surface area contributed by atoms with E-state index in [0.717, 1.165) is 6.61 Å². The normalized spacial score (nSPS) is 23.4. The Morgan fingerprint density at radius 3 is 2.73 bits per heavy atom. The van der Waals surface area contributed by atoms with Crippen LogP contribution in [0.4, 0.5) is 4.39 Å². The predicted molar refractivity (Wildman–Crippen MR) is 111 cm³/mol. The standard InChI is InChI=1S/C23H33FN2O4/c1-16(14-30-15-17-7-3-2-4-8-17)25-23(29)21-12-19(27)13-26(21)22(28)11-18-9-5-6-10-20(18)24/h5-6,9-10,16-17,19,21,27H,2-4,7-8,11-15H2,1H3,(H,25,29). The first-order valence-corrected chi connectivity index (χ1v) is 11.0. The molecule has 0 bridgehead atoms. The topological polar surface area (TPSA) is 78.9 Å². The highest BCUT2D eigenvalue weighted by molar-refractivity contribution is 5.89. The van der Waals surface area contributed by atoms with Crippen LogP contribution >= 0.6 is 0 Å². The van der Waals surface area contributed by atoms with Crippen molar-refractivity contribution >= 4 is 11.8 Å². The van der Waals surface area contributed by atoms with Crippen LogP contribution in [0.25, 0.3) is 0 Å². The molecule has 3 unspecified atom stereocenters. The van der Waals surface area contributed by atoms with E-state index in [1.54, 1.807) is 18.2 Å². The molecule has 7 heteroatoms. The lowest BCUT2D eigenvalue weighted by Crippen LogP contribution is -2.49. The van der Waals surface area contributed by atoms with Gasteiger partial charge in [-0.15, -0.1) is 0 Å². The zero-order chi connectivity index (χ0) is 21.5. The van der Waals surface area contributed by atoms with Gasteiger partial charge < -0.3 is 20.1 Å². The summed E-state index contributed by atoms with van der Waals surface area (Å²) in [5, 5.41) is 12.9.